The fourth-order valence-electron chi connectivity index (χ4n) is 3.66. The lowest BCUT2D eigenvalue weighted by Gasteiger charge is -2.39. The minimum Gasteiger partial charge on any atom is -0.356 e. The smallest absolute Gasteiger partial charge is 0.225 e. The van der Waals surface area contributed by atoms with Crippen molar-refractivity contribution in [2.75, 3.05) is 70.1 Å². The molecule has 2 saturated heterocycles. The van der Waals surface area contributed by atoms with Crippen LogP contribution in [0.15, 0.2) is 23.5 Å². The molecule has 0 radical (unpaired) electrons. The van der Waals surface area contributed by atoms with Crippen molar-refractivity contribution < 1.29 is 0 Å². The van der Waals surface area contributed by atoms with Gasteiger partial charge >= 0.3 is 0 Å². The maximum Gasteiger partial charge on any atom is 0.225 e. The van der Waals surface area contributed by atoms with E-state index in [2.05, 4.69) is 60.6 Å². The molecule has 0 bridgehead atoms. The van der Waals surface area contributed by atoms with Gasteiger partial charge in [-0.3, -0.25) is 9.89 Å². The van der Waals surface area contributed by atoms with Crippen LogP contribution in [0.1, 0.15) is 20.3 Å². The predicted molar refractivity (Wildman–Crippen MR) is 115 cm³/mol. The average Bonchev–Trinajstić information content (AvgIpc) is 2.68. The summed E-state index contributed by atoms with van der Waals surface area (Å²) in [5.74, 6) is 3.07. The van der Waals surface area contributed by atoms with Crippen molar-refractivity contribution in [1.82, 2.24) is 25.1 Å². The highest BCUT2D eigenvalue weighted by molar-refractivity contribution is 8.00. The molecule has 3 rings (SSSR count). The van der Waals surface area contributed by atoms with E-state index in [9.17, 15) is 0 Å². The maximum absolute atomic E-state index is 4.49. The monoisotopic (exact) mass is 391 g/mol. The Morgan fingerprint density at radius 2 is 1.93 bits per heavy atom. The van der Waals surface area contributed by atoms with Crippen LogP contribution < -0.4 is 10.2 Å². The number of nitrogens with one attached hydrogen (secondary N) is 1. The molecule has 0 saturated carbocycles. The zero-order valence-electron chi connectivity index (χ0n) is 16.9. The van der Waals surface area contributed by atoms with Gasteiger partial charge in [0.05, 0.1) is 0 Å². The van der Waals surface area contributed by atoms with Gasteiger partial charge < -0.3 is 15.1 Å². The fourth-order valence-corrected chi connectivity index (χ4v) is 4.77. The van der Waals surface area contributed by atoms with Crippen LogP contribution in [0.5, 0.6) is 0 Å². The van der Waals surface area contributed by atoms with E-state index in [-0.39, 0.29) is 0 Å². The van der Waals surface area contributed by atoms with E-state index in [1.807, 2.05) is 25.5 Å². The van der Waals surface area contributed by atoms with Crippen LogP contribution in [0.3, 0.4) is 0 Å². The summed E-state index contributed by atoms with van der Waals surface area (Å²) in [5, 5.41) is 3.56. The van der Waals surface area contributed by atoms with Crippen LogP contribution in [-0.4, -0.2) is 95.6 Å². The van der Waals surface area contributed by atoms with Crippen molar-refractivity contribution in [3.8, 4) is 0 Å². The molecule has 0 aromatic carbocycles. The van der Waals surface area contributed by atoms with Gasteiger partial charge in [0.2, 0.25) is 5.95 Å². The molecule has 27 heavy (non-hydrogen) atoms. The van der Waals surface area contributed by atoms with Crippen LogP contribution in [-0.2, 0) is 0 Å². The van der Waals surface area contributed by atoms with Crippen molar-refractivity contribution in [2.24, 2.45) is 4.99 Å². The lowest BCUT2D eigenvalue weighted by atomic mass is 10.2. The van der Waals surface area contributed by atoms with Gasteiger partial charge in [0.15, 0.2) is 5.96 Å². The van der Waals surface area contributed by atoms with Gasteiger partial charge in [-0.15, -0.1) is 0 Å². The summed E-state index contributed by atoms with van der Waals surface area (Å²) in [6, 6.07) is 1.87. The molecule has 0 spiro atoms. The number of rotatable bonds is 5. The molecule has 2 aliphatic heterocycles. The van der Waals surface area contributed by atoms with E-state index in [1.54, 1.807) is 0 Å². The Morgan fingerprint density at radius 1 is 1.19 bits per heavy atom. The van der Waals surface area contributed by atoms with Crippen molar-refractivity contribution in [2.45, 2.75) is 25.0 Å². The molecular formula is C19H33N7S. The Balaban J connectivity index is 1.34. The first-order chi connectivity index (χ1) is 13.1. The van der Waals surface area contributed by atoms with Gasteiger partial charge in [0, 0.05) is 75.8 Å². The molecule has 0 atom stereocenters. The number of piperazine rings is 1. The van der Waals surface area contributed by atoms with Gasteiger partial charge in [0.25, 0.3) is 0 Å². The summed E-state index contributed by atoms with van der Waals surface area (Å²) in [5.41, 5.74) is 0. The van der Waals surface area contributed by atoms with Gasteiger partial charge in [-0.25, -0.2) is 9.97 Å². The van der Waals surface area contributed by atoms with E-state index >= 15 is 0 Å². The molecule has 7 nitrogen and oxygen atoms in total. The minimum atomic E-state index is 0.304. The number of aliphatic imine (C=N–C) groups is 1. The number of hydrogen-bond acceptors (Lipinski definition) is 6. The summed E-state index contributed by atoms with van der Waals surface area (Å²) in [7, 11) is 1.89. The number of guanidine groups is 1. The lowest BCUT2D eigenvalue weighted by molar-refractivity contribution is 0.253. The van der Waals surface area contributed by atoms with Crippen molar-refractivity contribution in [3.63, 3.8) is 0 Å². The highest BCUT2D eigenvalue weighted by Crippen LogP contribution is 2.29. The second-order valence-corrected chi connectivity index (χ2v) is 9.54. The quantitative estimate of drug-likeness (QED) is 0.462. The van der Waals surface area contributed by atoms with Gasteiger partial charge in [-0.05, 0) is 32.9 Å². The van der Waals surface area contributed by atoms with Crippen LogP contribution in [0.2, 0.25) is 0 Å². The fraction of sp³-hybridized carbons (Fsp3) is 0.737. The molecule has 0 unspecified atom stereocenters. The third-order valence-electron chi connectivity index (χ3n) is 5.08. The Morgan fingerprint density at radius 3 is 2.59 bits per heavy atom. The van der Waals surface area contributed by atoms with E-state index < -0.39 is 0 Å². The van der Waals surface area contributed by atoms with E-state index in [0.717, 1.165) is 70.7 Å². The molecule has 3 heterocycles. The minimum absolute atomic E-state index is 0.304. The van der Waals surface area contributed by atoms with Crippen molar-refractivity contribution >= 4 is 23.7 Å². The second kappa shape index (κ2) is 9.59. The molecular weight excluding hydrogens is 358 g/mol. The molecule has 2 aliphatic rings. The number of anilines is 1. The highest BCUT2D eigenvalue weighted by atomic mass is 32.2. The predicted octanol–water partition coefficient (Wildman–Crippen LogP) is 1.39. The lowest BCUT2D eigenvalue weighted by Crippen LogP contribution is -2.51. The number of hydrogen-bond donors (Lipinski definition) is 1. The molecule has 8 heteroatoms. The maximum atomic E-state index is 4.49. The molecule has 2 fully saturated rings. The van der Waals surface area contributed by atoms with E-state index in [4.69, 9.17) is 0 Å². The van der Waals surface area contributed by atoms with Gasteiger partial charge in [-0.2, -0.15) is 11.8 Å². The van der Waals surface area contributed by atoms with Crippen LogP contribution >= 0.6 is 11.8 Å². The van der Waals surface area contributed by atoms with Crippen LogP contribution in [0.25, 0.3) is 0 Å². The summed E-state index contributed by atoms with van der Waals surface area (Å²) < 4.78 is 0.304. The molecule has 1 N–H and O–H groups in total. The third-order valence-corrected chi connectivity index (χ3v) is 6.38. The average molecular weight is 392 g/mol. The summed E-state index contributed by atoms with van der Waals surface area (Å²) in [6.45, 7) is 13.0. The molecule has 150 valence electrons. The third kappa shape index (κ3) is 5.97. The van der Waals surface area contributed by atoms with E-state index in [1.165, 1.54) is 5.75 Å². The molecule has 1 aromatic rings. The molecule has 1 aromatic heterocycles. The zero-order chi connectivity index (χ0) is 19.1. The summed E-state index contributed by atoms with van der Waals surface area (Å²) in [4.78, 5) is 20.4. The normalized spacial score (nSPS) is 21.4. The summed E-state index contributed by atoms with van der Waals surface area (Å²) in [6.07, 6.45) is 4.76. The standard InChI is InChI=1S/C19H33N7S/c1-19(2)16-26(14-15-27-19)17(20-3)21-8-5-9-24-10-12-25(13-11-24)18-22-6-4-7-23-18/h4,6-7H,5,8-16H2,1-3H3,(H,20,21). The summed E-state index contributed by atoms with van der Waals surface area (Å²) >= 11 is 2.05. The number of aromatic nitrogens is 2. The number of nitrogens with zero attached hydrogens (tertiary/aromatic N) is 6. The van der Waals surface area contributed by atoms with Crippen molar-refractivity contribution in [1.29, 1.82) is 0 Å². The Bertz CT molecular complexity index is 599. The second-order valence-electron chi connectivity index (χ2n) is 7.73. The first-order valence-corrected chi connectivity index (χ1v) is 10.9. The zero-order valence-corrected chi connectivity index (χ0v) is 17.7. The Kier molecular flexibility index (Phi) is 7.18. The molecule has 0 amide bonds. The topological polar surface area (TPSA) is 59.9 Å². The Hall–Kier alpha value is -1.54. The largest absolute Gasteiger partial charge is 0.356 e. The van der Waals surface area contributed by atoms with Crippen molar-refractivity contribution in [3.05, 3.63) is 18.5 Å². The molecule has 0 aliphatic carbocycles. The van der Waals surface area contributed by atoms with Gasteiger partial charge in [0.1, 0.15) is 0 Å². The van der Waals surface area contributed by atoms with Crippen LogP contribution in [0, 0.1) is 0 Å². The number of thioether (sulfide) groups is 1. The highest BCUT2D eigenvalue weighted by Gasteiger charge is 2.28. The first kappa shape index (κ1) is 20.2. The van der Waals surface area contributed by atoms with Gasteiger partial charge in [-0.1, -0.05) is 0 Å². The van der Waals surface area contributed by atoms with E-state index in [0.29, 0.717) is 4.75 Å². The first-order valence-electron chi connectivity index (χ1n) is 9.91. The van der Waals surface area contributed by atoms with Crippen LogP contribution in [0.4, 0.5) is 5.95 Å². The SMILES string of the molecule is CN=C(NCCCN1CCN(c2ncccn2)CC1)N1CCSC(C)(C)C1. The Labute approximate surface area is 167 Å².